The zero-order valence-corrected chi connectivity index (χ0v) is 10.7. The van der Waals surface area contributed by atoms with E-state index >= 15 is 0 Å². The van der Waals surface area contributed by atoms with E-state index in [0.717, 1.165) is 31.5 Å². The summed E-state index contributed by atoms with van der Waals surface area (Å²) < 4.78 is 0. The summed E-state index contributed by atoms with van der Waals surface area (Å²) in [5, 5.41) is 12.3. The maximum absolute atomic E-state index is 10.8. The normalized spacial score (nSPS) is 16.6. The Hall–Kier alpha value is -1.49. The van der Waals surface area contributed by atoms with Crippen molar-refractivity contribution in [3.05, 3.63) is 29.8 Å². The van der Waals surface area contributed by atoms with Crippen LogP contribution in [0.25, 0.3) is 0 Å². The first kappa shape index (κ1) is 13.0. The molecule has 0 radical (unpaired) electrons. The minimum atomic E-state index is -0.139. The van der Waals surface area contributed by atoms with E-state index in [1.807, 2.05) is 12.1 Å². The van der Waals surface area contributed by atoms with Crippen LogP contribution in [0.5, 0.6) is 0 Å². The van der Waals surface area contributed by atoms with E-state index in [1.165, 1.54) is 13.5 Å². The number of nitrogens with one attached hydrogen (secondary N) is 1. The van der Waals surface area contributed by atoms with Crippen LogP contribution in [-0.2, 0) is 6.54 Å². The molecule has 5 heteroatoms. The fourth-order valence-electron chi connectivity index (χ4n) is 2.18. The van der Waals surface area contributed by atoms with Crippen LogP contribution in [0.3, 0.4) is 0 Å². The number of benzene rings is 1. The van der Waals surface area contributed by atoms with Crippen LogP contribution < -0.4 is 10.2 Å². The molecule has 0 spiro atoms. The van der Waals surface area contributed by atoms with Crippen LogP contribution in [0.2, 0.25) is 0 Å². The summed E-state index contributed by atoms with van der Waals surface area (Å²) in [5.41, 5.74) is 2.29. The zero-order chi connectivity index (χ0) is 13.0. The summed E-state index contributed by atoms with van der Waals surface area (Å²) in [7, 11) is 1.52. The number of anilines is 1. The van der Waals surface area contributed by atoms with Crippen LogP contribution in [0.4, 0.5) is 10.5 Å². The van der Waals surface area contributed by atoms with Crippen molar-refractivity contribution in [2.24, 2.45) is 0 Å². The second kappa shape index (κ2) is 5.91. The number of amides is 1. The van der Waals surface area contributed by atoms with Crippen molar-refractivity contribution in [3.8, 4) is 0 Å². The first-order valence-corrected chi connectivity index (χ1v) is 6.41. The molecule has 1 amide bonds. The Balaban J connectivity index is 1.93. The van der Waals surface area contributed by atoms with Gasteiger partial charge in [0, 0.05) is 25.3 Å². The van der Waals surface area contributed by atoms with Gasteiger partial charge in [-0.05, 0) is 30.5 Å². The topological polar surface area (TPSA) is 52.6 Å². The lowest BCUT2D eigenvalue weighted by Crippen LogP contribution is -2.35. The summed E-state index contributed by atoms with van der Waals surface area (Å²) in [5.74, 6) is -0.0101. The molecule has 4 nitrogen and oxygen atoms in total. The third kappa shape index (κ3) is 3.50. The average molecular weight is 246 g/mol. The van der Waals surface area contributed by atoms with Gasteiger partial charge in [-0.2, -0.15) is 0 Å². The fraction of sp³-hybridized carbons (Fsp3) is 0.462. The summed E-state index contributed by atoms with van der Waals surface area (Å²) >= 11 is 0. The van der Waals surface area contributed by atoms with E-state index < -0.39 is 0 Å². The molecule has 0 bridgehead atoms. The van der Waals surface area contributed by atoms with Gasteiger partial charge in [0.25, 0.3) is 0 Å². The Morgan fingerprint density at radius 2 is 1.94 bits per heavy atom. The van der Waals surface area contributed by atoms with E-state index in [0.29, 0.717) is 6.54 Å². The molecule has 1 fully saturated rings. The maximum atomic E-state index is 10.8. The van der Waals surface area contributed by atoms with E-state index in [9.17, 15) is 9.90 Å². The minimum absolute atomic E-state index is 0.0101. The van der Waals surface area contributed by atoms with Gasteiger partial charge in [0.2, 0.25) is 7.85 Å². The van der Waals surface area contributed by atoms with Crippen molar-refractivity contribution in [1.82, 2.24) is 5.32 Å². The van der Waals surface area contributed by atoms with Gasteiger partial charge in [0.15, 0.2) is 5.81 Å². The number of aliphatic hydroxyl groups is 1. The smallest absolute Gasteiger partial charge is 0.215 e. The molecule has 96 valence electrons. The summed E-state index contributed by atoms with van der Waals surface area (Å²) in [4.78, 5) is 13.1. The summed E-state index contributed by atoms with van der Waals surface area (Å²) in [6, 6.07) is 8.23. The summed E-state index contributed by atoms with van der Waals surface area (Å²) in [6.45, 7) is 2.40. The molecule has 18 heavy (non-hydrogen) atoms. The number of piperidine rings is 1. The highest BCUT2D eigenvalue weighted by Gasteiger charge is 2.16. The van der Waals surface area contributed by atoms with Crippen molar-refractivity contribution >= 4 is 19.3 Å². The van der Waals surface area contributed by atoms with Crippen molar-refractivity contribution < 1.29 is 9.90 Å². The zero-order valence-electron chi connectivity index (χ0n) is 10.7. The number of nitrogens with zero attached hydrogens (tertiary/aromatic N) is 1. The molecular weight excluding hydrogens is 227 g/mol. The van der Waals surface area contributed by atoms with Gasteiger partial charge in [0.05, 0.1) is 6.10 Å². The highest BCUT2D eigenvalue weighted by Crippen LogP contribution is 2.20. The van der Waals surface area contributed by atoms with Gasteiger partial charge in [-0.15, -0.1) is 0 Å². The van der Waals surface area contributed by atoms with Crippen LogP contribution in [-0.4, -0.2) is 38.0 Å². The molecule has 0 unspecified atom stereocenters. The molecule has 2 N–H and O–H groups in total. The van der Waals surface area contributed by atoms with Gasteiger partial charge in [-0.3, -0.25) is 4.79 Å². The highest BCUT2D eigenvalue weighted by molar-refractivity contribution is 6.57. The predicted molar refractivity (Wildman–Crippen MR) is 74.7 cm³/mol. The van der Waals surface area contributed by atoms with Crippen molar-refractivity contribution in [3.63, 3.8) is 0 Å². The van der Waals surface area contributed by atoms with Crippen molar-refractivity contribution in [1.29, 1.82) is 0 Å². The van der Waals surface area contributed by atoms with E-state index in [4.69, 9.17) is 0 Å². The van der Waals surface area contributed by atoms with Gasteiger partial charge in [0.1, 0.15) is 0 Å². The third-order valence-corrected chi connectivity index (χ3v) is 3.31. The maximum Gasteiger partial charge on any atom is 0.215 e. The Bertz CT molecular complexity index is 400. The van der Waals surface area contributed by atoms with Crippen LogP contribution in [0.1, 0.15) is 18.4 Å². The first-order valence-electron chi connectivity index (χ1n) is 6.41. The molecule has 2 rings (SSSR count). The number of aliphatic hydroxyl groups excluding tert-OH is 1. The molecular formula is C13H19BN2O2. The van der Waals surface area contributed by atoms with Gasteiger partial charge in [-0.25, -0.2) is 0 Å². The Labute approximate surface area is 108 Å². The lowest BCUT2D eigenvalue weighted by atomic mass is 10.1. The third-order valence-electron chi connectivity index (χ3n) is 3.31. The van der Waals surface area contributed by atoms with Gasteiger partial charge in [-0.1, -0.05) is 12.1 Å². The predicted octanol–water partition coefficient (Wildman–Crippen LogP) is 0.490. The Morgan fingerprint density at radius 3 is 2.50 bits per heavy atom. The van der Waals surface area contributed by atoms with Crippen LogP contribution >= 0.6 is 0 Å². The number of hydrogen-bond acceptors (Lipinski definition) is 3. The van der Waals surface area contributed by atoms with E-state index in [-0.39, 0.29) is 11.9 Å². The van der Waals surface area contributed by atoms with Crippen molar-refractivity contribution in [2.75, 3.05) is 18.0 Å². The molecule has 1 aliphatic heterocycles. The molecule has 1 aromatic carbocycles. The van der Waals surface area contributed by atoms with Gasteiger partial charge >= 0.3 is 0 Å². The monoisotopic (exact) mass is 246 g/mol. The minimum Gasteiger partial charge on any atom is -0.393 e. The second-order valence-electron chi connectivity index (χ2n) is 4.79. The number of carbonyl (C=O) groups excluding carboxylic acids is 1. The van der Waals surface area contributed by atoms with E-state index in [2.05, 4.69) is 22.3 Å². The average Bonchev–Trinajstić information content (AvgIpc) is 2.38. The quantitative estimate of drug-likeness (QED) is 0.763. The lowest BCUT2D eigenvalue weighted by Gasteiger charge is -2.31. The number of hydrogen-bond donors (Lipinski definition) is 2. The molecule has 0 aromatic heterocycles. The second-order valence-corrected chi connectivity index (χ2v) is 4.79. The van der Waals surface area contributed by atoms with Gasteiger partial charge < -0.3 is 15.3 Å². The first-order chi connectivity index (χ1) is 8.65. The number of carbonyl (C=O) groups is 1. The van der Waals surface area contributed by atoms with E-state index in [1.54, 1.807) is 0 Å². The molecule has 1 heterocycles. The highest BCUT2D eigenvalue weighted by atomic mass is 16.3. The van der Waals surface area contributed by atoms with Crippen LogP contribution in [0, 0.1) is 0 Å². The SMILES string of the molecule is BC(=O)NCc1ccc(N2CCC(O)CC2)cc1. The van der Waals surface area contributed by atoms with Crippen molar-refractivity contribution in [2.45, 2.75) is 25.5 Å². The molecule has 1 aliphatic rings. The molecule has 0 aliphatic carbocycles. The largest absolute Gasteiger partial charge is 0.393 e. The lowest BCUT2D eigenvalue weighted by molar-refractivity contribution is 0.145. The standard InChI is InChI=1S/C13H19BN2O2/c14-13(18)15-9-10-1-3-11(4-2-10)16-7-5-12(17)6-8-16/h1-4,12,17H,5-9,14H2,(H,15,18). The van der Waals surface area contributed by atoms with Crippen LogP contribution in [0.15, 0.2) is 24.3 Å². The number of rotatable bonds is 3. The molecule has 0 atom stereocenters. The molecule has 1 saturated heterocycles. The summed E-state index contributed by atoms with van der Waals surface area (Å²) in [6.07, 6.45) is 1.54. The molecule has 0 saturated carbocycles. The Kier molecular flexibility index (Phi) is 4.26. The fourth-order valence-corrected chi connectivity index (χ4v) is 2.18. The molecule has 1 aromatic rings. The Morgan fingerprint density at radius 1 is 1.33 bits per heavy atom.